The molecule has 1 fully saturated rings. The van der Waals surface area contributed by atoms with Crippen molar-refractivity contribution in [3.05, 3.63) is 29.8 Å². The Kier molecular flexibility index (Phi) is 2.74. The monoisotopic (exact) mass is 254 g/mol. The van der Waals surface area contributed by atoms with Gasteiger partial charge in [0.1, 0.15) is 0 Å². The summed E-state index contributed by atoms with van der Waals surface area (Å²) in [6.07, 6.45) is 1.33. The second kappa shape index (κ2) is 3.96. The van der Waals surface area contributed by atoms with E-state index >= 15 is 0 Å². The SMILES string of the molecule is O=C(O)C(=O)c1ccc(S(=O)(=O)C2CC2)cc1. The first-order valence-electron chi connectivity index (χ1n) is 5.04. The fraction of sp³-hybridized carbons (Fsp3) is 0.273. The van der Waals surface area contributed by atoms with Crippen molar-refractivity contribution in [3.8, 4) is 0 Å². The average Bonchev–Trinajstić information content (AvgIpc) is 3.12. The summed E-state index contributed by atoms with van der Waals surface area (Å²) in [6, 6.07) is 5.02. The van der Waals surface area contributed by atoms with E-state index < -0.39 is 21.6 Å². The molecule has 0 amide bonds. The number of carboxylic acids is 1. The van der Waals surface area contributed by atoms with Gasteiger partial charge in [0, 0.05) is 5.56 Å². The van der Waals surface area contributed by atoms with Crippen LogP contribution in [0.15, 0.2) is 29.2 Å². The van der Waals surface area contributed by atoms with Crippen molar-refractivity contribution in [1.82, 2.24) is 0 Å². The molecule has 0 unspecified atom stereocenters. The van der Waals surface area contributed by atoms with Crippen molar-refractivity contribution in [2.24, 2.45) is 0 Å². The molecule has 0 saturated heterocycles. The van der Waals surface area contributed by atoms with Crippen LogP contribution >= 0.6 is 0 Å². The molecule has 1 aromatic carbocycles. The van der Waals surface area contributed by atoms with Crippen LogP contribution in [0, 0.1) is 0 Å². The van der Waals surface area contributed by atoms with E-state index in [0.29, 0.717) is 12.8 Å². The minimum atomic E-state index is -3.29. The quantitative estimate of drug-likeness (QED) is 0.636. The molecule has 2 rings (SSSR count). The molecule has 0 atom stereocenters. The van der Waals surface area contributed by atoms with Gasteiger partial charge in [-0.3, -0.25) is 4.79 Å². The summed E-state index contributed by atoms with van der Waals surface area (Å²) in [5.41, 5.74) is -0.0211. The minimum Gasteiger partial charge on any atom is -0.475 e. The fourth-order valence-electron chi connectivity index (χ4n) is 1.49. The van der Waals surface area contributed by atoms with E-state index in [1.165, 1.54) is 24.3 Å². The summed E-state index contributed by atoms with van der Waals surface area (Å²) in [5, 5.41) is 8.18. The molecule has 0 spiro atoms. The molecule has 1 saturated carbocycles. The van der Waals surface area contributed by atoms with Gasteiger partial charge in [-0.15, -0.1) is 0 Å². The summed E-state index contributed by atoms with van der Waals surface area (Å²) < 4.78 is 23.6. The Bertz CT molecular complexity index is 566. The number of hydrogen-bond acceptors (Lipinski definition) is 4. The number of Topliss-reactive ketones (excluding diaryl/α,β-unsaturated/α-hetero) is 1. The Hall–Kier alpha value is -1.69. The molecule has 0 bridgehead atoms. The van der Waals surface area contributed by atoms with Crippen molar-refractivity contribution >= 4 is 21.6 Å². The van der Waals surface area contributed by atoms with Gasteiger partial charge in [-0.2, -0.15) is 0 Å². The van der Waals surface area contributed by atoms with E-state index in [-0.39, 0.29) is 15.7 Å². The first-order valence-corrected chi connectivity index (χ1v) is 6.59. The summed E-state index contributed by atoms with van der Waals surface area (Å²) in [7, 11) is -3.29. The Morgan fingerprint density at radius 2 is 1.65 bits per heavy atom. The Balaban J connectivity index is 2.30. The van der Waals surface area contributed by atoms with Crippen molar-refractivity contribution in [3.63, 3.8) is 0 Å². The van der Waals surface area contributed by atoms with Crippen LogP contribution < -0.4 is 0 Å². The molecular formula is C11H10O5S. The lowest BCUT2D eigenvalue weighted by atomic mass is 10.1. The number of hydrogen-bond donors (Lipinski definition) is 1. The summed E-state index contributed by atoms with van der Waals surface area (Å²) in [6.45, 7) is 0. The molecule has 17 heavy (non-hydrogen) atoms. The zero-order chi connectivity index (χ0) is 12.6. The third-order valence-corrected chi connectivity index (χ3v) is 4.88. The molecule has 0 aliphatic heterocycles. The van der Waals surface area contributed by atoms with Gasteiger partial charge in [0.2, 0.25) is 0 Å². The Morgan fingerprint density at radius 1 is 1.12 bits per heavy atom. The topological polar surface area (TPSA) is 88.5 Å². The van der Waals surface area contributed by atoms with Gasteiger partial charge in [-0.05, 0) is 37.1 Å². The van der Waals surface area contributed by atoms with Crippen LogP contribution in [0.2, 0.25) is 0 Å². The number of ketones is 1. The van der Waals surface area contributed by atoms with Crippen LogP contribution in [0.25, 0.3) is 0 Å². The smallest absolute Gasteiger partial charge is 0.377 e. The number of carboxylic acid groups (broad SMARTS) is 1. The van der Waals surface area contributed by atoms with Crippen LogP contribution in [0.1, 0.15) is 23.2 Å². The summed E-state index contributed by atoms with van der Waals surface area (Å²) in [4.78, 5) is 21.7. The molecule has 0 heterocycles. The Morgan fingerprint density at radius 3 is 2.06 bits per heavy atom. The highest BCUT2D eigenvalue weighted by Crippen LogP contribution is 2.33. The number of sulfone groups is 1. The highest BCUT2D eigenvalue weighted by molar-refractivity contribution is 7.92. The van der Waals surface area contributed by atoms with Gasteiger partial charge in [-0.1, -0.05) is 0 Å². The zero-order valence-electron chi connectivity index (χ0n) is 8.79. The van der Waals surface area contributed by atoms with E-state index in [1.54, 1.807) is 0 Å². The van der Waals surface area contributed by atoms with Gasteiger partial charge in [0.15, 0.2) is 9.84 Å². The maximum absolute atomic E-state index is 11.8. The van der Waals surface area contributed by atoms with Crippen molar-refractivity contribution < 1.29 is 23.1 Å². The van der Waals surface area contributed by atoms with E-state index in [9.17, 15) is 18.0 Å². The largest absolute Gasteiger partial charge is 0.475 e. The molecule has 1 aliphatic carbocycles. The minimum absolute atomic E-state index is 0.0211. The molecule has 1 N–H and O–H groups in total. The normalized spacial score (nSPS) is 15.5. The van der Waals surface area contributed by atoms with E-state index in [4.69, 9.17) is 5.11 Å². The number of benzene rings is 1. The van der Waals surface area contributed by atoms with Crippen LogP contribution in [-0.4, -0.2) is 30.5 Å². The summed E-state index contributed by atoms with van der Waals surface area (Å²) >= 11 is 0. The second-order valence-corrected chi connectivity index (χ2v) is 6.13. The predicted molar refractivity (Wildman–Crippen MR) is 58.6 cm³/mol. The Labute approximate surface area is 98.0 Å². The molecule has 5 nitrogen and oxygen atoms in total. The maximum Gasteiger partial charge on any atom is 0.377 e. The highest BCUT2D eigenvalue weighted by atomic mass is 32.2. The van der Waals surface area contributed by atoms with Crippen LogP contribution in [0.3, 0.4) is 0 Å². The van der Waals surface area contributed by atoms with E-state index in [1.807, 2.05) is 0 Å². The van der Waals surface area contributed by atoms with E-state index in [0.717, 1.165) is 0 Å². The van der Waals surface area contributed by atoms with Gasteiger partial charge >= 0.3 is 5.97 Å². The average molecular weight is 254 g/mol. The standard InChI is InChI=1S/C11H10O5S/c12-10(11(13)14)7-1-3-8(4-2-7)17(15,16)9-5-6-9/h1-4,9H,5-6H2,(H,13,14). The van der Waals surface area contributed by atoms with Crippen LogP contribution in [-0.2, 0) is 14.6 Å². The molecule has 1 aliphatic rings. The van der Waals surface area contributed by atoms with E-state index in [2.05, 4.69) is 0 Å². The third kappa shape index (κ3) is 2.21. The first-order chi connectivity index (χ1) is 7.93. The lowest BCUT2D eigenvalue weighted by Gasteiger charge is -2.02. The van der Waals surface area contributed by atoms with Crippen LogP contribution in [0.5, 0.6) is 0 Å². The van der Waals surface area contributed by atoms with Gasteiger partial charge in [0.25, 0.3) is 5.78 Å². The number of carbonyl (C=O) groups excluding carboxylic acids is 1. The van der Waals surface area contributed by atoms with Crippen molar-refractivity contribution in [2.75, 3.05) is 0 Å². The third-order valence-electron chi connectivity index (χ3n) is 2.60. The molecule has 0 radical (unpaired) electrons. The van der Waals surface area contributed by atoms with Gasteiger partial charge in [0.05, 0.1) is 10.1 Å². The first kappa shape index (κ1) is 11.8. The maximum atomic E-state index is 11.8. The predicted octanol–water partition coefficient (Wildman–Crippen LogP) is 0.890. The fourth-order valence-corrected chi connectivity index (χ4v) is 3.15. The molecular weight excluding hydrogens is 244 g/mol. The molecule has 1 aromatic rings. The molecule has 6 heteroatoms. The number of rotatable bonds is 4. The van der Waals surface area contributed by atoms with Crippen LogP contribution in [0.4, 0.5) is 0 Å². The lowest BCUT2D eigenvalue weighted by Crippen LogP contribution is -2.13. The van der Waals surface area contributed by atoms with Gasteiger partial charge in [-0.25, -0.2) is 13.2 Å². The van der Waals surface area contributed by atoms with Crippen molar-refractivity contribution in [1.29, 1.82) is 0 Å². The molecule has 90 valence electrons. The number of aliphatic carboxylic acids is 1. The van der Waals surface area contributed by atoms with Crippen molar-refractivity contribution in [2.45, 2.75) is 23.0 Å². The summed E-state index contributed by atoms with van der Waals surface area (Å²) in [5.74, 6) is -2.59. The number of carbonyl (C=O) groups is 2. The highest BCUT2D eigenvalue weighted by Gasteiger charge is 2.36. The lowest BCUT2D eigenvalue weighted by molar-refractivity contribution is -0.131. The molecule has 0 aromatic heterocycles. The van der Waals surface area contributed by atoms with Gasteiger partial charge < -0.3 is 5.11 Å². The second-order valence-electron chi connectivity index (χ2n) is 3.90. The zero-order valence-corrected chi connectivity index (χ0v) is 9.61.